The van der Waals surface area contributed by atoms with Gasteiger partial charge >= 0.3 is 0 Å². The first-order valence-electron chi connectivity index (χ1n) is 6.21. The molecule has 0 aliphatic rings. The van der Waals surface area contributed by atoms with Crippen molar-refractivity contribution in [2.45, 2.75) is 20.8 Å². The lowest BCUT2D eigenvalue weighted by molar-refractivity contribution is 0.487. The Labute approximate surface area is 107 Å². The van der Waals surface area contributed by atoms with Gasteiger partial charge in [0.05, 0.1) is 0 Å². The first-order valence-corrected chi connectivity index (χ1v) is 6.21. The van der Waals surface area contributed by atoms with Gasteiger partial charge in [0.1, 0.15) is 5.75 Å². The quantitative estimate of drug-likeness (QED) is 0.564. The standard InChI is InChI=1S/C17H16O/c1-10-8-16-15(12(3)11(10)2)9-13-6-4-5-7-14(13)17(16)18/h4-9,18H,1-3H3. The maximum atomic E-state index is 10.4. The average Bonchev–Trinajstić information content (AvgIpc) is 2.38. The van der Waals surface area contributed by atoms with Gasteiger partial charge in [0.15, 0.2) is 0 Å². The molecule has 0 amide bonds. The molecule has 0 saturated carbocycles. The van der Waals surface area contributed by atoms with Crippen molar-refractivity contribution in [1.29, 1.82) is 0 Å². The summed E-state index contributed by atoms with van der Waals surface area (Å²) in [5.41, 5.74) is 3.79. The summed E-state index contributed by atoms with van der Waals surface area (Å²) in [6.45, 7) is 6.35. The fourth-order valence-corrected chi connectivity index (χ4v) is 2.62. The third-order valence-corrected chi connectivity index (χ3v) is 3.98. The van der Waals surface area contributed by atoms with E-state index in [1.165, 1.54) is 16.7 Å². The van der Waals surface area contributed by atoms with Crippen LogP contribution in [0.15, 0.2) is 36.4 Å². The van der Waals surface area contributed by atoms with E-state index in [-0.39, 0.29) is 0 Å². The normalized spacial score (nSPS) is 11.3. The van der Waals surface area contributed by atoms with E-state index in [4.69, 9.17) is 0 Å². The molecule has 90 valence electrons. The summed E-state index contributed by atoms with van der Waals surface area (Å²) in [6, 6.07) is 12.2. The number of phenolic OH excluding ortho intramolecular Hbond substituents is 1. The molecule has 0 heterocycles. The maximum Gasteiger partial charge on any atom is 0.131 e. The minimum Gasteiger partial charge on any atom is -0.507 e. The van der Waals surface area contributed by atoms with Gasteiger partial charge in [-0.1, -0.05) is 24.3 Å². The molecule has 3 rings (SSSR count). The molecular formula is C17H16O. The van der Waals surface area contributed by atoms with Crippen LogP contribution in [0.5, 0.6) is 5.75 Å². The second-order valence-electron chi connectivity index (χ2n) is 4.98. The molecule has 1 N–H and O–H groups in total. The van der Waals surface area contributed by atoms with E-state index in [1.807, 2.05) is 24.3 Å². The first kappa shape index (κ1) is 11.1. The number of fused-ring (bicyclic) bond motifs is 2. The predicted molar refractivity (Wildman–Crippen MR) is 77.3 cm³/mol. The lowest BCUT2D eigenvalue weighted by Crippen LogP contribution is -1.90. The van der Waals surface area contributed by atoms with Crippen LogP contribution in [0.2, 0.25) is 0 Å². The van der Waals surface area contributed by atoms with Gasteiger partial charge in [-0.15, -0.1) is 0 Å². The van der Waals surface area contributed by atoms with Crippen LogP contribution in [0.1, 0.15) is 16.7 Å². The van der Waals surface area contributed by atoms with Crippen molar-refractivity contribution in [3.63, 3.8) is 0 Å². The summed E-state index contributed by atoms with van der Waals surface area (Å²) in [7, 11) is 0. The van der Waals surface area contributed by atoms with E-state index in [2.05, 4.69) is 32.9 Å². The van der Waals surface area contributed by atoms with Crippen LogP contribution in [-0.2, 0) is 0 Å². The van der Waals surface area contributed by atoms with Gasteiger partial charge in [0, 0.05) is 10.8 Å². The Kier molecular flexibility index (Phi) is 2.30. The molecule has 0 unspecified atom stereocenters. The second kappa shape index (κ2) is 3.74. The second-order valence-corrected chi connectivity index (χ2v) is 4.98. The Hall–Kier alpha value is -2.02. The van der Waals surface area contributed by atoms with E-state index in [1.54, 1.807) is 0 Å². The molecule has 0 aromatic heterocycles. The zero-order valence-corrected chi connectivity index (χ0v) is 10.9. The predicted octanol–water partition coefficient (Wildman–Crippen LogP) is 4.62. The average molecular weight is 236 g/mol. The molecule has 0 fully saturated rings. The molecule has 1 heteroatoms. The number of benzene rings is 3. The van der Waals surface area contributed by atoms with Gasteiger partial charge < -0.3 is 5.11 Å². The molecule has 0 atom stereocenters. The van der Waals surface area contributed by atoms with Crippen LogP contribution in [0.25, 0.3) is 21.5 Å². The zero-order valence-electron chi connectivity index (χ0n) is 10.9. The number of hydrogen-bond donors (Lipinski definition) is 1. The summed E-state index contributed by atoms with van der Waals surface area (Å²) < 4.78 is 0. The minimum atomic E-state index is 0.398. The fraction of sp³-hybridized carbons (Fsp3) is 0.176. The highest BCUT2D eigenvalue weighted by Gasteiger charge is 2.10. The minimum absolute atomic E-state index is 0.398. The van der Waals surface area contributed by atoms with Crippen LogP contribution < -0.4 is 0 Å². The third kappa shape index (κ3) is 1.40. The van der Waals surface area contributed by atoms with Gasteiger partial charge in [-0.3, -0.25) is 0 Å². The fourth-order valence-electron chi connectivity index (χ4n) is 2.62. The van der Waals surface area contributed by atoms with Gasteiger partial charge in [-0.05, 0) is 60.4 Å². The van der Waals surface area contributed by atoms with Gasteiger partial charge in [0.25, 0.3) is 0 Å². The molecule has 0 spiro atoms. The Bertz CT molecular complexity index is 770. The van der Waals surface area contributed by atoms with Crippen LogP contribution in [0.3, 0.4) is 0 Å². The van der Waals surface area contributed by atoms with Crippen molar-refractivity contribution >= 4 is 21.5 Å². The van der Waals surface area contributed by atoms with Crippen molar-refractivity contribution in [2.75, 3.05) is 0 Å². The van der Waals surface area contributed by atoms with Crippen LogP contribution in [0, 0.1) is 20.8 Å². The summed E-state index contributed by atoms with van der Waals surface area (Å²) in [4.78, 5) is 0. The summed E-state index contributed by atoms with van der Waals surface area (Å²) >= 11 is 0. The van der Waals surface area contributed by atoms with Crippen molar-refractivity contribution in [3.05, 3.63) is 53.1 Å². The van der Waals surface area contributed by atoms with E-state index >= 15 is 0 Å². The molecule has 0 aliphatic carbocycles. The van der Waals surface area contributed by atoms with E-state index in [0.717, 1.165) is 21.5 Å². The van der Waals surface area contributed by atoms with Crippen LogP contribution in [0.4, 0.5) is 0 Å². The summed E-state index contributed by atoms with van der Waals surface area (Å²) in [5, 5.41) is 14.6. The molecule has 18 heavy (non-hydrogen) atoms. The highest BCUT2D eigenvalue weighted by Crippen LogP contribution is 2.37. The first-order chi connectivity index (χ1) is 8.59. The maximum absolute atomic E-state index is 10.4. The number of phenols is 1. The smallest absolute Gasteiger partial charge is 0.131 e. The number of aromatic hydroxyl groups is 1. The Morgan fingerprint density at radius 2 is 1.50 bits per heavy atom. The topological polar surface area (TPSA) is 20.2 Å². The molecule has 3 aromatic carbocycles. The molecule has 0 radical (unpaired) electrons. The highest BCUT2D eigenvalue weighted by molar-refractivity contribution is 6.06. The summed E-state index contributed by atoms with van der Waals surface area (Å²) in [5.74, 6) is 0.398. The van der Waals surface area contributed by atoms with Crippen molar-refractivity contribution in [2.24, 2.45) is 0 Å². The Balaban J connectivity index is 2.60. The lowest BCUT2D eigenvalue weighted by Gasteiger charge is -2.12. The third-order valence-electron chi connectivity index (χ3n) is 3.98. The van der Waals surface area contributed by atoms with Gasteiger partial charge in [0.2, 0.25) is 0 Å². The van der Waals surface area contributed by atoms with E-state index < -0.39 is 0 Å². The van der Waals surface area contributed by atoms with Crippen LogP contribution in [-0.4, -0.2) is 5.11 Å². The van der Waals surface area contributed by atoms with Gasteiger partial charge in [-0.2, -0.15) is 0 Å². The van der Waals surface area contributed by atoms with E-state index in [9.17, 15) is 5.11 Å². The number of rotatable bonds is 0. The molecule has 0 bridgehead atoms. The Morgan fingerprint density at radius 3 is 2.28 bits per heavy atom. The Morgan fingerprint density at radius 1 is 0.778 bits per heavy atom. The molecule has 0 saturated heterocycles. The SMILES string of the molecule is Cc1cc2c(O)c3ccccc3cc2c(C)c1C. The van der Waals surface area contributed by atoms with Crippen LogP contribution >= 0.6 is 0 Å². The van der Waals surface area contributed by atoms with Crippen molar-refractivity contribution in [1.82, 2.24) is 0 Å². The van der Waals surface area contributed by atoms with Crippen molar-refractivity contribution in [3.8, 4) is 5.75 Å². The zero-order chi connectivity index (χ0) is 12.9. The molecule has 1 nitrogen and oxygen atoms in total. The largest absolute Gasteiger partial charge is 0.507 e. The number of hydrogen-bond acceptors (Lipinski definition) is 1. The molecule has 0 aliphatic heterocycles. The van der Waals surface area contributed by atoms with Gasteiger partial charge in [-0.25, -0.2) is 0 Å². The molecular weight excluding hydrogens is 220 g/mol. The lowest BCUT2D eigenvalue weighted by atomic mass is 9.93. The summed E-state index contributed by atoms with van der Waals surface area (Å²) in [6.07, 6.45) is 0. The van der Waals surface area contributed by atoms with Crippen molar-refractivity contribution < 1.29 is 5.11 Å². The number of aryl methyl sites for hydroxylation is 2. The monoisotopic (exact) mass is 236 g/mol. The highest BCUT2D eigenvalue weighted by atomic mass is 16.3. The van der Waals surface area contributed by atoms with E-state index in [0.29, 0.717) is 5.75 Å². The molecule has 3 aromatic rings.